The second-order valence-corrected chi connectivity index (χ2v) is 8.79. The standard InChI is InChI=1S/C24H34N2/c1-24(2,3)15-18-26(22-13-16-25-17-14-22)19-21-11-7-8-12-23(21)20-9-5-4-6-10-20/h4-12,22,25H,13-19H2,1-3H3. The summed E-state index contributed by atoms with van der Waals surface area (Å²) < 4.78 is 0. The first kappa shape index (κ1) is 19.1. The number of benzene rings is 2. The second-order valence-electron chi connectivity index (χ2n) is 8.79. The van der Waals surface area contributed by atoms with Crippen molar-refractivity contribution in [2.75, 3.05) is 19.6 Å². The van der Waals surface area contributed by atoms with E-state index in [0.29, 0.717) is 11.5 Å². The molecule has 0 aliphatic carbocycles. The van der Waals surface area contributed by atoms with Gasteiger partial charge in [0.05, 0.1) is 0 Å². The van der Waals surface area contributed by atoms with Crippen LogP contribution in [0.3, 0.4) is 0 Å². The van der Waals surface area contributed by atoms with E-state index in [-0.39, 0.29) is 0 Å². The molecule has 1 aliphatic rings. The fraction of sp³-hybridized carbons (Fsp3) is 0.500. The zero-order valence-corrected chi connectivity index (χ0v) is 16.7. The maximum absolute atomic E-state index is 3.52. The lowest BCUT2D eigenvalue weighted by Gasteiger charge is -2.36. The normalized spacial score (nSPS) is 16.2. The van der Waals surface area contributed by atoms with Gasteiger partial charge in [0.2, 0.25) is 0 Å². The molecular formula is C24H34N2. The maximum Gasteiger partial charge on any atom is 0.0242 e. The topological polar surface area (TPSA) is 15.3 Å². The molecule has 1 heterocycles. The van der Waals surface area contributed by atoms with E-state index in [1.54, 1.807) is 0 Å². The Morgan fingerprint density at radius 2 is 1.58 bits per heavy atom. The Labute approximate surface area is 159 Å². The van der Waals surface area contributed by atoms with Crippen molar-refractivity contribution in [3.05, 3.63) is 60.2 Å². The van der Waals surface area contributed by atoms with Crippen LogP contribution in [0, 0.1) is 5.41 Å². The average molecular weight is 351 g/mol. The highest BCUT2D eigenvalue weighted by Gasteiger charge is 2.23. The molecule has 0 spiro atoms. The Morgan fingerprint density at radius 3 is 2.27 bits per heavy atom. The lowest BCUT2D eigenvalue weighted by molar-refractivity contribution is 0.135. The SMILES string of the molecule is CC(C)(C)CCN(Cc1ccccc1-c1ccccc1)C1CCNCC1. The smallest absolute Gasteiger partial charge is 0.0242 e. The predicted octanol–water partition coefficient (Wildman–Crippen LogP) is 5.34. The Bertz CT molecular complexity index is 666. The molecule has 0 bridgehead atoms. The van der Waals surface area contributed by atoms with Gasteiger partial charge in [0.15, 0.2) is 0 Å². The third-order valence-electron chi connectivity index (χ3n) is 5.45. The summed E-state index contributed by atoms with van der Waals surface area (Å²) in [5, 5.41) is 3.52. The largest absolute Gasteiger partial charge is 0.317 e. The van der Waals surface area contributed by atoms with Crippen LogP contribution in [0.4, 0.5) is 0 Å². The summed E-state index contributed by atoms with van der Waals surface area (Å²) in [5.74, 6) is 0. The molecule has 1 fully saturated rings. The molecule has 1 aliphatic heterocycles. The van der Waals surface area contributed by atoms with E-state index in [2.05, 4.69) is 85.6 Å². The van der Waals surface area contributed by atoms with Crippen molar-refractivity contribution in [2.45, 2.75) is 52.6 Å². The molecule has 0 saturated carbocycles. The molecule has 2 heteroatoms. The second kappa shape index (κ2) is 8.83. The lowest BCUT2D eigenvalue weighted by atomic mass is 9.91. The zero-order valence-electron chi connectivity index (χ0n) is 16.7. The van der Waals surface area contributed by atoms with Gasteiger partial charge in [0.25, 0.3) is 0 Å². The van der Waals surface area contributed by atoms with Crippen molar-refractivity contribution in [1.29, 1.82) is 0 Å². The van der Waals surface area contributed by atoms with Crippen LogP contribution in [0.15, 0.2) is 54.6 Å². The zero-order chi connectivity index (χ0) is 18.4. The summed E-state index contributed by atoms with van der Waals surface area (Å²) >= 11 is 0. The number of nitrogens with one attached hydrogen (secondary N) is 1. The number of piperidine rings is 1. The van der Waals surface area contributed by atoms with E-state index in [4.69, 9.17) is 0 Å². The van der Waals surface area contributed by atoms with Gasteiger partial charge in [-0.15, -0.1) is 0 Å². The summed E-state index contributed by atoms with van der Waals surface area (Å²) in [6.07, 6.45) is 3.76. The van der Waals surface area contributed by atoms with Crippen LogP contribution < -0.4 is 5.32 Å². The molecule has 2 aromatic carbocycles. The van der Waals surface area contributed by atoms with Crippen LogP contribution >= 0.6 is 0 Å². The molecule has 0 aromatic heterocycles. The van der Waals surface area contributed by atoms with Gasteiger partial charge in [-0.1, -0.05) is 75.4 Å². The van der Waals surface area contributed by atoms with Crippen LogP contribution in [0.1, 0.15) is 45.6 Å². The lowest BCUT2D eigenvalue weighted by Crippen LogP contribution is -2.43. The van der Waals surface area contributed by atoms with Gasteiger partial charge in [-0.3, -0.25) is 4.90 Å². The van der Waals surface area contributed by atoms with Crippen molar-refractivity contribution in [3.8, 4) is 11.1 Å². The van der Waals surface area contributed by atoms with Gasteiger partial charge in [-0.05, 0) is 61.0 Å². The Kier molecular flexibility index (Phi) is 6.50. The van der Waals surface area contributed by atoms with Crippen molar-refractivity contribution < 1.29 is 0 Å². The minimum absolute atomic E-state index is 0.379. The molecule has 1 N–H and O–H groups in total. The van der Waals surface area contributed by atoms with Crippen LogP contribution in [0.2, 0.25) is 0 Å². The fourth-order valence-corrected chi connectivity index (χ4v) is 3.82. The summed E-state index contributed by atoms with van der Waals surface area (Å²) in [6, 6.07) is 20.4. The number of rotatable bonds is 6. The highest BCUT2D eigenvalue weighted by Crippen LogP contribution is 2.28. The first-order valence-electron chi connectivity index (χ1n) is 10.1. The van der Waals surface area contributed by atoms with Gasteiger partial charge in [0, 0.05) is 12.6 Å². The van der Waals surface area contributed by atoms with Gasteiger partial charge in [-0.25, -0.2) is 0 Å². The van der Waals surface area contributed by atoms with Crippen molar-refractivity contribution >= 4 is 0 Å². The molecule has 26 heavy (non-hydrogen) atoms. The average Bonchev–Trinajstić information content (AvgIpc) is 2.66. The monoisotopic (exact) mass is 350 g/mol. The maximum atomic E-state index is 3.52. The van der Waals surface area contributed by atoms with Crippen molar-refractivity contribution in [1.82, 2.24) is 10.2 Å². The fourth-order valence-electron chi connectivity index (χ4n) is 3.82. The molecule has 2 aromatic rings. The molecule has 3 rings (SSSR count). The van der Waals surface area contributed by atoms with Crippen molar-refractivity contribution in [3.63, 3.8) is 0 Å². The molecule has 1 saturated heterocycles. The summed E-state index contributed by atoms with van der Waals surface area (Å²) in [6.45, 7) is 11.6. The van der Waals surface area contributed by atoms with Crippen molar-refractivity contribution in [2.24, 2.45) is 5.41 Å². The number of nitrogens with zero attached hydrogens (tertiary/aromatic N) is 1. The van der Waals surface area contributed by atoms with Gasteiger partial charge < -0.3 is 5.32 Å². The quantitative estimate of drug-likeness (QED) is 0.756. The van der Waals surface area contributed by atoms with Crippen LogP contribution in [-0.4, -0.2) is 30.6 Å². The number of hydrogen-bond acceptors (Lipinski definition) is 2. The molecular weight excluding hydrogens is 316 g/mol. The predicted molar refractivity (Wildman–Crippen MR) is 112 cm³/mol. The van der Waals surface area contributed by atoms with E-state index in [9.17, 15) is 0 Å². The van der Waals surface area contributed by atoms with E-state index in [1.807, 2.05) is 0 Å². The van der Waals surface area contributed by atoms with Crippen LogP contribution in [-0.2, 0) is 6.54 Å². The Balaban J connectivity index is 1.82. The summed E-state index contributed by atoms with van der Waals surface area (Å²) in [4.78, 5) is 2.74. The Hall–Kier alpha value is -1.64. The van der Waals surface area contributed by atoms with Gasteiger partial charge in [-0.2, -0.15) is 0 Å². The van der Waals surface area contributed by atoms with E-state index in [0.717, 1.165) is 19.6 Å². The van der Waals surface area contributed by atoms with Crippen LogP contribution in [0.5, 0.6) is 0 Å². The van der Waals surface area contributed by atoms with E-state index >= 15 is 0 Å². The first-order valence-corrected chi connectivity index (χ1v) is 10.1. The minimum atomic E-state index is 0.379. The molecule has 140 valence electrons. The Morgan fingerprint density at radius 1 is 0.923 bits per heavy atom. The molecule has 0 unspecified atom stereocenters. The van der Waals surface area contributed by atoms with E-state index in [1.165, 1.54) is 42.5 Å². The first-order chi connectivity index (χ1) is 12.5. The molecule has 0 atom stereocenters. The third kappa shape index (κ3) is 5.43. The third-order valence-corrected chi connectivity index (χ3v) is 5.45. The molecule has 2 nitrogen and oxygen atoms in total. The molecule has 0 radical (unpaired) electrons. The van der Waals surface area contributed by atoms with Gasteiger partial charge in [0.1, 0.15) is 0 Å². The summed E-state index contributed by atoms with van der Waals surface area (Å²) in [7, 11) is 0. The van der Waals surface area contributed by atoms with E-state index < -0.39 is 0 Å². The highest BCUT2D eigenvalue weighted by molar-refractivity contribution is 5.67. The molecule has 0 amide bonds. The van der Waals surface area contributed by atoms with Crippen LogP contribution in [0.25, 0.3) is 11.1 Å². The van der Waals surface area contributed by atoms with Gasteiger partial charge >= 0.3 is 0 Å². The number of hydrogen-bond donors (Lipinski definition) is 1. The summed E-state index contributed by atoms with van der Waals surface area (Å²) in [5.41, 5.74) is 4.53. The minimum Gasteiger partial charge on any atom is -0.317 e. The highest BCUT2D eigenvalue weighted by atomic mass is 15.2.